The Balaban J connectivity index is 1.95. The molecule has 3 aromatic rings. The van der Waals surface area contributed by atoms with Gasteiger partial charge in [0.05, 0.1) is 25.8 Å². The Morgan fingerprint density at radius 2 is 2.08 bits per heavy atom. The average Bonchev–Trinajstić information content (AvgIpc) is 3.16. The Morgan fingerprint density at radius 3 is 2.81 bits per heavy atom. The number of methoxy groups -OCH3 is 1. The first kappa shape index (κ1) is 18.9. The maximum Gasteiger partial charge on any atom is 0.257 e. The first-order valence-corrected chi connectivity index (χ1v) is 9.88. The fraction of sp³-hybridized carbons (Fsp3) is 0.158. The Bertz CT molecular complexity index is 902. The van der Waals surface area contributed by atoms with E-state index in [1.807, 2.05) is 41.8 Å². The number of halogens is 2. The van der Waals surface area contributed by atoms with Gasteiger partial charge in [-0.3, -0.25) is 4.79 Å². The quantitative estimate of drug-likeness (QED) is 0.471. The summed E-state index contributed by atoms with van der Waals surface area (Å²) in [6.45, 7) is 0.890. The van der Waals surface area contributed by atoms with Gasteiger partial charge in [-0.2, -0.15) is 0 Å². The minimum atomic E-state index is -0.178. The van der Waals surface area contributed by atoms with Gasteiger partial charge in [0.25, 0.3) is 5.91 Å². The number of hydrogen-bond donors (Lipinski definition) is 0. The van der Waals surface area contributed by atoms with E-state index in [-0.39, 0.29) is 11.1 Å². The molecule has 0 N–H and O–H groups in total. The van der Waals surface area contributed by atoms with Gasteiger partial charge < -0.3 is 9.64 Å². The third kappa shape index (κ3) is 4.44. The van der Waals surface area contributed by atoms with Crippen LogP contribution >= 0.6 is 38.9 Å². The molecular weight excluding hydrogens is 436 g/mol. The van der Waals surface area contributed by atoms with E-state index in [1.165, 1.54) is 0 Å². The number of rotatable bonds is 6. The minimum absolute atomic E-state index is 0.178. The van der Waals surface area contributed by atoms with Crippen LogP contribution in [0.2, 0.25) is 5.15 Å². The lowest BCUT2D eigenvalue weighted by atomic mass is 10.1. The van der Waals surface area contributed by atoms with E-state index >= 15 is 0 Å². The molecule has 4 nitrogen and oxygen atoms in total. The van der Waals surface area contributed by atoms with Crippen molar-refractivity contribution in [2.24, 2.45) is 0 Å². The average molecular weight is 452 g/mol. The van der Waals surface area contributed by atoms with E-state index in [9.17, 15) is 4.79 Å². The number of amides is 1. The molecule has 0 unspecified atom stereocenters. The molecule has 0 saturated heterocycles. The van der Waals surface area contributed by atoms with E-state index in [0.717, 1.165) is 16.2 Å². The van der Waals surface area contributed by atoms with Gasteiger partial charge in [0.2, 0.25) is 0 Å². The summed E-state index contributed by atoms with van der Waals surface area (Å²) < 4.78 is 6.14. The van der Waals surface area contributed by atoms with Crippen LogP contribution in [-0.2, 0) is 13.1 Å². The molecule has 1 aromatic carbocycles. The van der Waals surface area contributed by atoms with Crippen LogP contribution in [0.5, 0.6) is 5.75 Å². The lowest BCUT2D eigenvalue weighted by Crippen LogP contribution is -2.30. The molecule has 134 valence electrons. The zero-order chi connectivity index (χ0) is 18.5. The number of aromatic nitrogens is 1. The summed E-state index contributed by atoms with van der Waals surface area (Å²) in [4.78, 5) is 20.1. The van der Waals surface area contributed by atoms with Crippen LogP contribution in [0.4, 0.5) is 0 Å². The van der Waals surface area contributed by atoms with Crippen LogP contribution in [0.25, 0.3) is 0 Å². The van der Waals surface area contributed by atoms with Gasteiger partial charge in [-0.25, -0.2) is 4.98 Å². The number of carbonyl (C=O) groups is 1. The van der Waals surface area contributed by atoms with Gasteiger partial charge in [-0.05, 0) is 39.5 Å². The smallest absolute Gasteiger partial charge is 0.257 e. The van der Waals surface area contributed by atoms with Gasteiger partial charge in [-0.15, -0.1) is 11.3 Å². The number of ether oxygens (including phenoxy) is 1. The second-order valence-electron chi connectivity index (χ2n) is 5.54. The normalized spacial score (nSPS) is 10.6. The van der Waals surface area contributed by atoms with Crippen molar-refractivity contribution in [1.82, 2.24) is 9.88 Å². The van der Waals surface area contributed by atoms with Crippen molar-refractivity contribution in [1.29, 1.82) is 0 Å². The van der Waals surface area contributed by atoms with E-state index in [0.29, 0.717) is 23.1 Å². The van der Waals surface area contributed by atoms with Crippen LogP contribution in [0.1, 0.15) is 20.8 Å². The molecule has 0 aliphatic carbocycles. The highest BCUT2D eigenvalue weighted by Gasteiger charge is 2.22. The van der Waals surface area contributed by atoms with Crippen molar-refractivity contribution in [2.45, 2.75) is 13.1 Å². The Hall–Kier alpha value is -1.89. The van der Waals surface area contributed by atoms with E-state index in [2.05, 4.69) is 20.9 Å². The maximum atomic E-state index is 13.2. The molecule has 0 aliphatic rings. The van der Waals surface area contributed by atoms with Crippen molar-refractivity contribution >= 4 is 44.8 Å². The molecule has 0 spiro atoms. The van der Waals surface area contributed by atoms with Gasteiger partial charge in [0.1, 0.15) is 10.9 Å². The largest absolute Gasteiger partial charge is 0.496 e. The molecule has 2 aromatic heterocycles. The molecular formula is C19H16BrClN2O2S. The van der Waals surface area contributed by atoms with Crippen molar-refractivity contribution in [3.63, 3.8) is 0 Å². The summed E-state index contributed by atoms with van der Waals surface area (Å²) in [6.07, 6.45) is 1.57. The van der Waals surface area contributed by atoms with E-state index in [1.54, 1.807) is 35.6 Å². The summed E-state index contributed by atoms with van der Waals surface area (Å²) in [7, 11) is 1.62. The van der Waals surface area contributed by atoms with Crippen molar-refractivity contribution in [3.05, 3.63) is 79.7 Å². The third-order valence-corrected chi connectivity index (χ3v) is 5.40. The minimum Gasteiger partial charge on any atom is -0.496 e. The number of carbonyl (C=O) groups excluding carboxylic acids is 1. The van der Waals surface area contributed by atoms with Crippen LogP contribution in [0.15, 0.2) is 58.5 Å². The molecule has 0 saturated carbocycles. The number of para-hydroxylation sites is 1. The zero-order valence-electron chi connectivity index (χ0n) is 14.0. The number of nitrogens with zero attached hydrogens (tertiary/aromatic N) is 2. The first-order valence-electron chi connectivity index (χ1n) is 7.83. The molecule has 0 fully saturated rings. The Labute approximate surface area is 169 Å². The third-order valence-electron chi connectivity index (χ3n) is 3.80. The summed E-state index contributed by atoms with van der Waals surface area (Å²) in [5, 5.41) is 2.18. The zero-order valence-corrected chi connectivity index (χ0v) is 17.1. The molecule has 1 amide bonds. The summed E-state index contributed by atoms with van der Waals surface area (Å²) >= 11 is 11.1. The van der Waals surface area contributed by atoms with Crippen LogP contribution in [-0.4, -0.2) is 22.9 Å². The van der Waals surface area contributed by atoms with Gasteiger partial charge in [-0.1, -0.05) is 35.9 Å². The Kier molecular flexibility index (Phi) is 6.29. The second-order valence-corrected chi connectivity index (χ2v) is 7.85. The summed E-state index contributed by atoms with van der Waals surface area (Å²) in [5.41, 5.74) is 1.30. The van der Waals surface area contributed by atoms with E-state index < -0.39 is 0 Å². The highest BCUT2D eigenvalue weighted by atomic mass is 79.9. The standard InChI is InChI=1S/C19H16BrClN2O2S/c1-25-17-7-3-2-5-13(17)11-23(12-15-6-4-8-26-15)19(24)16-9-14(20)10-22-18(16)21/h2-10H,11-12H2,1H3. The second kappa shape index (κ2) is 8.66. The topological polar surface area (TPSA) is 42.4 Å². The highest BCUT2D eigenvalue weighted by molar-refractivity contribution is 9.10. The monoisotopic (exact) mass is 450 g/mol. The van der Waals surface area contributed by atoms with Gasteiger partial charge in [0.15, 0.2) is 0 Å². The van der Waals surface area contributed by atoms with Gasteiger partial charge in [0, 0.05) is 21.1 Å². The number of benzene rings is 1. The summed E-state index contributed by atoms with van der Waals surface area (Å²) in [5.74, 6) is 0.568. The van der Waals surface area contributed by atoms with Crippen LogP contribution < -0.4 is 4.74 Å². The molecule has 3 rings (SSSR count). The fourth-order valence-corrected chi connectivity index (χ4v) is 3.81. The molecule has 7 heteroatoms. The Morgan fingerprint density at radius 1 is 1.27 bits per heavy atom. The van der Waals surface area contributed by atoms with Gasteiger partial charge >= 0.3 is 0 Å². The lowest BCUT2D eigenvalue weighted by Gasteiger charge is -2.23. The lowest BCUT2D eigenvalue weighted by molar-refractivity contribution is 0.0730. The van der Waals surface area contributed by atoms with Crippen molar-refractivity contribution in [3.8, 4) is 5.75 Å². The number of hydrogen-bond acceptors (Lipinski definition) is 4. The summed E-state index contributed by atoms with van der Waals surface area (Å²) in [6, 6.07) is 13.3. The molecule has 2 heterocycles. The van der Waals surface area contributed by atoms with Crippen LogP contribution in [0.3, 0.4) is 0 Å². The molecule has 0 aliphatic heterocycles. The van der Waals surface area contributed by atoms with Crippen LogP contribution in [0, 0.1) is 0 Å². The molecule has 0 atom stereocenters. The predicted octanol–water partition coefficient (Wildman–Crippen LogP) is 5.41. The van der Waals surface area contributed by atoms with E-state index in [4.69, 9.17) is 16.3 Å². The maximum absolute atomic E-state index is 13.2. The number of thiophene rings is 1. The molecule has 0 bridgehead atoms. The SMILES string of the molecule is COc1ccccc1CN(Cc1cccs1)C(=O)c1cc(Br)cnc1Cl. The first-order chi connectivity index (χ1) is 12.6. The predicted molar refractivity (Wildman–Crippen MR) is 108 cm³/mol. The number of pyridine rings is 1. The fourth-order valence-electron chi connectivity index (χ4n) is 2.57. The molecule has 0 radical (unpaired) electrons. The highest BCUT2D eigenvalue weighted by Crippen LogP contribution is 2.25. The van der Waals surface area contributed by atoms with Crippen molar-refractivity contribution in [2.75, 3.05) is 7.11 Å². The molecule has 26 heavy (non-hydrogen) atoms. The van der Waals surface area contributed by atoms with Crippen molar-refractivity contribution < 1.29 is 9.53 Å².